The highest BCUT2D eigenvalue weighted by atomic mass is 32.2. The van der Waals surface area contributed by atoms with Crippen LogP contribution < -0.4 is 10.5 Å². The van der Waals surface area contributed by atoms with Gasteiger partial charge in [-0.15, -0.1) is 0 Å². The van der Waals surface area contributed by atoms with Gasteiger partial charge in [0.1, 0.15) is 0 Å². The van der Waals surface area contributed by atoms with Gasteiger partial charge in [-0.3, -0.25) is 4.55 Å². The summed E-state index contributed by atoms with van der Waals surface area (Å²) in [7, 11) is -2.94. The van der Waals surface area contributed by atoms with E-state index in [0.717, 1.165) is 5.56 Å². The van der Waals surface area contributed by atoms with Crippen LogP contribution in [0.2, 0.25) is 0 Å². The molecular weight excluding hydrogens is 294 g/mol. The molecule has 0 unspecified atom stereocenters. The molecule has 0 aliphatic carbocycles. The summed E-state index contributed by atoms with van der Waals surface area (Å²) in [4.78, 5) is -0.227. The summed E-state index contributed by atoms with van der Waals surface area (Å²) in [6.07, 6.45) is 0.242. The maximum Gasteiger partial charge on any atom is 0.294 e. The number of hydrogen-bond acceptors (Lipinski definition) is 5. The number of nitrogens with two attached hydrogens (primary N) is 1. The second-order valence-electron chi connectivity index (χ2n) is 4.53. The highest BCUT2D eigenvalue weighted by Gasteiger charge is 2.16. The average molecular weight is 309 g/mol. The molecule has 0 aliphatic heterocycles. The summed E-state index contributed by atoms with van der Waals surface area (Å²) >= 11 is 0. The maximum absolute atomic E-state index is 11.4. The number of anilines is 1. The Morgan fingerprint density at radius 3 is 2.52 bits per heavy atom. The van der Waals surface area contributed by atoms with E-state index >= 15 is 0 Å². The zero-order valence-corrected chi connectivity index (χ0v) is 12.1. The van der Waals surface area contributed by atoms with Crippen LogP contribution in [0.25, 0.3) is 0 Å². The van der Waals surface area contributed by atoms with Crippen LogP contribution in [0.1, 0.15) is 11.1 Å². The molecule has 0 aliphatic rings. The Morgan fingerprint density at radius 2 is 1.90 bits per heavy atom. The van der Waals surface area contributed by atoms with Crippen molar-refractivity contribution in [3.8, 4) is 11.5 Å². The maximum atomic E-state index is 11.4. The number of ether oxygens (including phenoxy) is 1. The summed E-state index contributed by atoms with van der Waals surface area (Å²) in [6.45, 7) is 0. The average Bonchev–Trinajstić information content (AvgIpc) is 2.41. The van der Waals surface area contributed by atoms with Crippen LogP contribution in [0.5, 0.6) is 11.5 Å². The van der Waals surface area contributed by atoms with Gasteiger partial charge < -0.3 is 15.6 Å². The SMILES string of the molecule is COc1cc(Cc2ccc(N)cc2S(=O)(=O)O)ccc1O. The van der Waals surface area contributed by atoms with Crippen molar-refractivity contribution >= 4 is 15.8 Å². The Kier molecular flexibility index (Phi) is 4.06. The van der Waals surface area contributed by atoms with Crippen LogP contribution in [0.15, 0.2) is 41.3 Å². The third-order valence-electron chi connectivity index (χ3n) is 3.01. The molecule has 0 aromatic heterocycles. The van der Waals surface area contributed by atoms with Crippen molar-refractivity contribution in [1.82, 2.24) is 0 Å². The highest BCUT2D eigenvalue weighted by Crippen LogP contribution is 2.29. The van der Waals surface area contributed by atoms with Gasteiger partial charge in [-0.05, 0) is 41.8 Å². The first-order valence-corrected chi connectivity index (χ1v) is 7.47. The zero-order chi connectivity index (χ0) is 15.6. The number of aromatic hydroxyl groups is 1. The van der Waals surface area contributed by atoms with E-state index in [1.54, 1.807) is 18.2 Å². The van der Waals surface area contributed by atoms with Crippen LogP contribution in [0.3, 0.4) is 0 Å². The van der Waals surface area contributed by atoms with Crippen LogP contribution in [0, 0.1) is 0 Å². The lowest BCUT2D eigenvalue weighted by Crippen LogP contribution is -2.05. The van der Waals surface area contributed by atoms with E-state index < -0.39 is 10.1 Å². The van der Waals surface area contributed by atoms with Gasteiger partial charge in [-0.25, -0.2) is 0 Å². The minimum absolute atomic E-state index is 0.00596. The molecule has 0 saturated heterocycles. The zero-order valence-electron chi connectivity index (χ0n) is 11.3. The molecule has 0 spiro atoms. The second kappa shape index (κ2) is 5.63. The van der Waals surface area contributed by atoms with Crippen molar-refractivity contribution < 1.29 is 22.8 Å². The molecule has 112 valence electrons. The van der Waals surface area contributed by atoms with Gasteiger partial charge in [0, 0.05) is 5.69 Å². The van der Waals surface area contributed by atoms with Crippen molar-refractivity contribution in [3.63, 3.8) is 0 Å². The van der Waals surface area contributed by atoms with E-state index in [1.165, 1.54) is 25.3 Å². The molecule has 0 radical (unpaired) electrons. The standard InChI is InChI=1S/C14H15NO5S/c1-20-13-7-9(2-5-12(13)16)6-10-3-4-11(15)8-14(10)21(17,18)19/h2-5,7-8,16H,6,15H2,1H3,(H,17,18,19). The summed E-state index contributed by atoms with van der Waals surface area (Å²) in [6, 6.07) is 9.00. The molecule has 0 amide bonds. The molecule has 6 nitrogen and oxygen atoms in total. The van der Waals surface area contributed by atoms with Gasteiger partial charge in [0.05, 0.1) is 12.0 Å². The minimum atomic E-state index is -4.36. The van der Waals surface area contributed by atoms with Gasteiger partial charge in [0.2, 0.25) is 0 Å². The number of rotatable bonds is 4. The monoisotopic (exact) mass is 309 g/mol. The van der Waals surface area contributed by atoms with E-state index in [2.05, 4.69) is 0 Å². The fourth-order valence-electron chi connectivity index (χ4n) is 2.01. The fraction of sp³-hybridized carbons (Fsp3) is 0.143. The van der Waals surface area contributed by atoms with Gasteiger partial charge >= 0.3 is 0 Å². The number of methoxy groups -OCH3 is 1. The minimum Gasteiger partial charge on any atom is -0.504 e. The van der Waals surface area contributed by atoms with Crippen molar-refractivity contribution in [2.75, 3.05) is 12.8 Å². The summed E-state index contributed by atoms with van der Waals surface area (Å²) in [5.74, 6) is 0.282. The number of phenols is 1. The molecule has 21 heavy (non-hydrogen) atoms. The lowest BCUT2D eigenvalue weighted by atomic mass is 10.0. The fourth-order valence-corrected chi connectivity index (χ4v) is 2.77. The molecule has 0 saturated carbocycles. The van der Waals surface area contributed by atoms with E-state index in [9.17, 15) is 18.1 Å². The molecule has 0 bridgehead atoms. The van der Waals surface area contributed by atoms with Crippen LogP contribution in [0.4, 0.5) is 5.69 Å². The quantitative estimate of drug-likeness (QED) is 0.587. The van der Waals surface area contributed by atoms with Crippen LogP contribution in [-0.4, -0.2) is 25.2 Å². The predicted molar refractivity (Wildman–Crippen MR) is 78.1 cm³/mol. The number of phenolic OH excluding ortho intramolecular Hbond substituents is 1. The first kappa shape index (κ1) is 15.1. The largest absolute Gasteiger partial charge is 0.504 e. The van der Waals surface area contributed by atoms with Crippen molar-refractivity contribution in [3.05, 3.63) is 47.5 Å². The molecule has 0 heterocycles. The van der Waals surface area contributed by atoms with Crippen molar-refractivity contribution in [1.29, 1.82) is 0 Å². The third kappa shape index (κ3) is 3.45. The third-order valence-corrected chi connectivity index (χ3v) is 3.94. The van der Waals surface area contributed by atoms with E-state index in [1.807, 2.05) is 0 Å². The molecule has 0 atom stereocenters. The molecular formula is C14H15NO5S. The second-order valence-corrected chi connectivity index (χ2v) is 5.92. The molecule has 2 rings (SSSR count). The Morgan fingerprint density at radius 1 is 1.19 bits per heavy atom. The van der Waals surface area contributed by atoms with Gasteiger partial charge in [0.25, 0.3) is 10.1 Å². The van der Waals surface area contributed by atoms with Crippen LogP contribution >= 0.6 is 0 Å². The van der Waals surface area contributed by atoms with Crippen molar-refractivity contribution in [2.45, 2.75) is 11.3 Å². The van der Waals surface area contributed by atoms with Gasteiger partial charge in [-0.1, -0.05) is 12.1 Å². The van der Waals surface area contributed by atoms with E-state index in [0.29, 0.717) is 5.56 Å². The van der Waals surface area contributed by atoms with Crippen LogP contribution in [-0.2, 0) is 16.5 Å². The van der Waals surface area contributed by atoms with Gasteiger partial charge in [-0.2, -0.15) is 8.42 Å². The number of benzene rings is 2. The summed E-state index contributed by atoms with van der Waals surface area (Å²) < 4.78 is 37.1. The highest BCUT2D eigenvalue weighted by molar-refractivity contribution is 7.85. The smallest absolute Gasteiger partial charge is 0.294 e. The molecule has 2 aromatic rings. The Bertz CT molecular complexity index is 771. The number of nitrogen functional groups attached to an aromatic ring is 1. The Balaban J connectivity index is 2.45. The lowest BCUT2D eigenvalue weighted by Gasteiger charge is -2.10. The Hall–Kier alpha value is -2.25. The topological polar surface area (TPSA) is 110 Å². The van der Waals surface area contributed by atoms with Crippen molar-refractivity contribution in [2.24, 2.45) is 0 Å². The molecule has 0 fully saturated rings. The first-order chi connectivity index (χ1) is 9.81. The molecule has 4 N–H and O–H groups in total. The molecule has 2 aromatic carbocycles. The predicted octanol–water partition coefficient (Wildman–Crippen LogP) is 1.82. The number of hydrogen-bond donors (Lipinski definition) is 3. The normalized spacial score (nSPS) is 11.3. The Labute approximate surface area is 122 Å². The lowest BCUT2D eigenvalue weighted by molar-refractivity contribution is 0.373. The summed E-state index contributed by atoms with van der Waals surface area (Å²) in [5, 5.41) is 9.54. The van der Waals surface area contributed by atoms with E-state index in [4.69, 9.17) is 10.5 Å². The van der Waals surface area contributed by atoms with E-state index in [-0.39, 0.29) is 28.5 Å². The summed E-state index contributed by atoms with van der Waals surface area (Å²) in [5.41, 5.74) is 6.92. The molecule has 7 heteroatoms. The van der Waals surface area contributed by atoms with Gasteiger partial charge in [0.15, 0.2) is 11.5 Å². The first-order valence-electron chi connectivity index (χ1n) is 6.03.